The van der Waals surface area contributed by atoms with Crippen LogP contribution in [0.5, 0.6) is 5.88 Å². The quantitative estimate of drug-likeness (QED) is 0.142. The molecule has 0 bridgehead atoms. The number of alkyl halides is 3. The number of carboxylic acids is 1. The first kappa shape index (κ1) is 40.4. The van der Waals surface area contributed by atoms with Gasteiger partial charge in [0.1, 0.15) is 18.9 Å². The van der Waals surface area contributed by atoms with Gasteiger partial charge in [-0.2, -0.15) is 13.2 Å². The highest BCUT2D eigenvalue weighted by Crippen LogP contribution is 2.34. The molecule has 4 rings (SSSR count). The van der Waals surface area contributed by atoms with E-state index in [1.165, 1.54) is 18.3 Å². The molecule has 1 fully saturated rings. The van der Waals surface area contributed by atoms with Crippen molar-refractivity contribution in [1.29, 1.82) is 0 Å². The molecule has 284 valence electrons. The van der Waals surface area contributed by atoms with Crippen LogP contribution in [0.4, 0.5) is 24.5 Å². The Balaban J connectivity index is 1.24. The zero-order chi connectivity index (χ0) is 37.2. The van der Waals surface area contributed by atoms with Gasteiger partial charge >= 0.3 is 12.1 Å². The minimum absolute atomic E-state index is 0.129. The van der Waals surface area contributed by atoms with E-state index < -0.39 is 23.6 Å². The monoisotopic (exact) mass is 736 g/mol. The van der Waals surface area contributed by atoms with E-state index in [9.17, 15) is 22.8 Å². The number of benzene rings is 1. The molecular formula is C35H43F3N4O10. The lowest BCUT2D eigenvalue weighted by Crippen LogP contribution is -2.36. The van der Waals surface area contributed by atoms with Crippen LogP contribution in [0.2, 0.25) is 0 Å². The van der Waals surface area contributed by atoms with Crippen LogP contribution in [-0.4, -0.2) is 126 Å². The number of carboxylic acid groups (broad SMARTS) is 1. The molecule has 0 unspecified atom stereocenters. The van der Waals surface area contributed by atoms with Crippen LogP contribution in [0.15, 0.2) is 48.8 Å². The van der Waals surface area contributed by atoms with Gasteiger partial charge in [0.15, 0.2) is 0 Å². The van der Waals surface area contributed by atoms with Crippen LogP contribution in [0.25, 0.3) is 11.1 Å². The summed E-state index contributed by atoms with van der Waals surface area (Å²) < 4.78 is 77.8. The van der Waals surface area contributed by atoms with Crippen molar-refractivity contribution >= 4 is 23.3 Å². The van der Waals surface area contributed by atoms with E-state index in [4.69, 9.17) is 38.3 Å². The first-order valence-electron chi connectivity index (χ1n) is 16.6. The summed E-state index contributed by atoms with van der Waals surface area (Å²) >= 11 is 0. The molecule has 1 saturated heterocycles. The molecule has 17 heteroatoms. The number of rotatable bonds is 22. The number of hydrogen-bond acceptors (Lipinski definition) is 12. The molecule has 1 aliphatic heterocycles. The molecule has 3 heterocycles. The Kier molecular flexibility index (Phi) is 16.5. The maximum Gasteiger partial charge on any atom is 0.416 e. The summed E-state index contributed by atoms with van der Waals surface area (Å²) in [4.78, 5) is 34.3. The molecule has 52 heavy (non-hydrogen) atoms. The second kappa shape index (κ2) is 21.2. The van der Waals surface area contributed by atoms with Gasteiger partial charge in [-0.1, -0.05) is 6.07 Å². The van der Waals surface area contributed by atoms with Gasteiger partial charge in [0.05, 0.1) is 90.1 Å². The molecule has 1 aromatic carbocycles. The number of halogens is 3. The number of aryl methyl sites for hydroxylation is 1. The van der Waals surface area contributed by atoms with Gasteiger partial charge in [-0.25, -0.2) is 9.78 Å². The van der Waals surface area contributed by atoms with E-state index in [0.29, 0.717) is 101 Å². The number of ether oxygens (including phenoxy) is 7. The van der Waals surface area contributed by atoms with E-state index in [2.05, 4.69) is 20.2 Å². The third-order valence-electron chi connectivity index (χ3n) is 7.47. The predicted octanol–water partition coefficient (Wildman–Crippen LogP) is 4.11. The van der Waals surface area contributed by atoms with E-state index in [-0.39, 0.29) is 32.0 Å². The topological polar surface area (TPSA) is 160 Å². The molecule has 2 aromatic heterocycles. The van der Waals surface area contributed by atoms with Gasteiger partial charge in [0.25, 0.3) is 5.91 Å². The third-order valence-corrected chi connectivity index (χ3v) is 7.47. The average Bonchev–Trinajstić information content (AvgIpc) is 3.13. The lowest BCUT2D eigenvalue weighted by molar-refractivity contribution is -0.142. The van der Waals surface area contributed by atoms with Crippen LogP contribution in [-0.2, 0) is 39.4 Å². The third kappa shape index (κ3) is 13.6. The standard InChI is InChI=1S/C35H43F3N4O10/c1-25-30(21-29(23-39-25)41-33(45)26-3-2-4-28(19-26)35(36,37)38)27-20-31(42-5-7-46-8-6-42)34(40-22-27)52-18-17-50-14-13-48-10-9-47-11-12-49-15-16-51-24-32(43)44/h2-4,19-23H,5-18,24H2,1H3,(H,41,45)(H,43,44). The molecular weight excluding hydrogens is 693 g/mol. The number of carbonyl (C=O) groups is 2. The molecule has 1 aliphatic rings. The smallest absolute Gasteiger partial charge is 0.416 e. The SMILES string of the molecule is Cc1ncc(NC(=O)c2cccc(C(F)(F)F)c2)cc1-c1cnc(OCCOCCOCCOCCOCCOCC(=O)O)c(N2CCOCC2)c1. The number of anilines is 2. The molecule has 0 radical (unpaired) electrons. The van der Waals surface area contributed by atoms with E-state index in [1.54, 1.807) is 12.3 Å². The van der Waals surface area contributed by atoms with Crippen molar-refractivity contribution in [2.75, 3.05) is 109 Å². The Hall–Kier alpha value is -4.39. The fourth-order valence-electron chi connectivity index (χ4n) is 4.90. The summed E-state index contributed by atoms with van der Waals surface area (Å²) in [6.07, 6.45) is -1.48. The fourth-order valence-corrected chi connectivity index (χ4v) is 4.90. The minimum Gasteiger partial charge on any atom is -0.480 e. The minimum atomic E-state index is -4.57. The van der Waals surface area contributed by atoms with Crippen LogP contribution < -0.4 is 15.0 Å². The molecule has 0 spiro atoms. The second-order valence-electron chi connectivity index (χ2n) is 11.3. The molecule has 0 aliphatic carbocycles. The Labute approximate surface area is 299 Å². The van der Waals surface area contributed by atoms with Gasteiger partial charge in [-0.3, -0.25) is 9.78 Å². The number of morpholine rings is 1. The number of nitrogens with one attached hydrogen (secondary N) is 1. The van der Waals surface area contributed by atoms with Crippen molar-refractivity contribution in [2.45, 2.75) is 13.1 Å². The zero-order valence-corrected chi connectivity index (χ0v) is 28.8. The lowest BCUT2D eigenvalue weighted by atomic mass is 10.0. The van der Waals surface area contributed by atoms with Gasteiger partial charge < -0.3 is 48.5 Å². The molecule has 1 amide bonds. The van der Waals surface area contributed by atoms with Gasteiger partial charge in [0.2, 0.25) is 5.88 Å². The molecule has 0 atom stereocenters. The summed E-state index contributed by atoms with van der Waals surface area (Å²) in [6, 6.07) is 7.85. The number of nitrogens with zero attached hydrogens (tertiary/aromatic N) is 3. The predicted molar refractivity (Wildman–Crippen MR) is 182 cm³/mol. The Morgan fingerprint density at radius 2 is 1.46 bits per heavy atom. The van der Waals surface area contributed by atoms with Crippen LogP contribution in [0, 0.1) is 6.92 Å². The molecule has 0 saturated carbocycles. The zero-order valence-electron chi connectivity index (χ0n) is 28.8. The normalized spacial score (nSPS) is 13.3. The number of amides is 1. The second-order valence-corrected chi connectivity index (χ2v) is 11.3. The van der Waals surface area contributed by atoms with Crippen LogP contribution in [0.1, 0.15) is 21.6 Å². The largest absolute Gasteiger partial charge is 0.480 e. The van der Waals surface area contributed by atoms with Crippen molar-refractivity contribution in [3.8, 4) is 17.0 Å². The summed E-state index contributed by atoms with van der Waals surface area (Å²) in [5, 5.41) is 11.1. The first-order valence-corrected chi connectivity index (χ1v) is 16.6. The van der Waals surface area contributed by atoms with E-state index in [1.807, 2.05) is 13.0 Å². The Bertz CT molecular complexity index is 1570. The summed E-state index contributed by atoms with van der Waals surface area (Å²) in [6.45, 7) is 7.08. The number of pyridine rings is 2. The fraction of sp³-hybridized carbons (Fsp3) is 0.486. The summed E-state index contributed by atoms with van der Waals surface area (Å²) in [5.74, 6) is -1.30. The number of aliphatic carboxylic acids is 1. The summed E-state index contributed by atoms with van der Waals surface area (Å²) in [7, 11) is 0. The summed E-state index contributed by atoms with van der Waals surface area (Å²) in [5.41, 5.74) is 2.07. The van der Waals surface area contributed by atoms with E-state index >= 15 is 0 Å². The first-order chi connectivity index (χ1) is 25.1. The van der Waals surface area contributed by atoms with Gasteiger partial charge in [-0.15, -0.1) is 0 Å². The molecule has 3 aromatic rings. The Morgan fingerprint density at radius 3 is 2.08 bits per heavy atom. The van der Waals surface area contributed by atoms with Crippen molar-refractivity contribution in [3.05, 3.63) is 65.6 Å². The average molecular weight is 737 g/mol. The van der Waals surface area contributed by atoms with E-state index in [0.717, 1.165) is 17.8 Å². The highest BCUT2D eigenvalue weighted by atomic mass is 19.4. The number of carbonyl (C=O) groups excluding carboxylic acids is 1. The Morgan fingerprint density at radius 1 is 0.846 bits per heavy atom. The maximum atomic E-state index is 13.2. The highest BCUT2D eigenvalue weighted by Gasteiger charge is 2.31. The molecule has 14 nitrogen and oxygen atoms in total. The van der Waals surface area contributed by atoms with Crippen molar-refractivity contribution in [3.63, 3.8) is 0 Å². The number of aromatic nitrogens is 2. The van der Waals surface area contributed by atoms with Gasteiger partial charge in [-0.05, 0) is 37.3 Å². The molecule has 2 N–H and O–H groups in total. The van der Waals surface area contributed by atoms with Crippen LogP contribution in [0.3, 0.4) is 0 Å². The highest BCUT2D eigenvalue weighted by molar-refractivity contribution is 6.04. The van der Waals surface area contributed by atoms with Crippen molar-refractivity contribution in [1.82, 2.24) is 9.97 Å². The maximum absolute atomic E-state index is 13.2. The van der Waals surface area contributed by atoms with Gasteiger partial charge in [0, 0.05) is 41.7 Å². The van der Waals surface area contributed by atoms with Crippen molar-refractivity contribution < 1.29 is 61.0 Å². The number of hydrogen-bond donors (Lipinski definition) is 2. The van der Waals surface area contributed by atoms with Crippen LogP contribution >= 0.6 is 0 Å². The lowest BCUT2D eigenvalue weighted by Gasteiger charge is -2.30. The van der Waals surface area contributed by atoms with Crippen molar-refractivity contribution in [2.24, 2.45) is 0 Å².